The summed E-state index contributed by atoms with van der Waals surface area (Å²) in [6.07, 6.45) is 31.1. The molecular weight excluding hydrogens is 1090 g/mol. The zero-order chi connectivity index (χ0) is 61.9. The Labute approximate surface area is 508 Å². The standard InChI is InChI=1S/C66H115NO18/c1-3-5-7-9-11-13-15-17-19-21-22-23-24-25-26-28-30-32-34-36-38-40-42-44-54(72)67-49(50(71)43-41-39-37-35-33-31-29-27-20-18-16-14-12-10-8-6-4-2)48-80-64-60(78)57(75)62(52(46-69)82-64)85-66-61(79)58(76)63(53(47-70)83-66)84-65-59(77)56(74)55(73)51(45-68)81-65/h5,7,11,13,17,19,22-23,25-26,30,32,49-53,55-66,68-71,73-79H,3-4,6,8-10,12,14-16,18,20-21,24,27-29,31,33-48H2,1-2H3,(H,67,72)/b7-5-,13-11-,19-17-,23-22-,26-25-,32-30-. The van der Waals surface area contributed by atoms with Gasteiger partial charge in [0.15, 0.2) is 18.9 Å². The Kier molecular flexibility index (Phi) is 43.3. The second-order valence-electron chi connectivity index (χ2n) is 23.2. The smallest absolute Gasteiger partial charge is 0.220 e. The number of rotatable bonds is 48. The van der Waals surface area contributed by atoms with Gasteiger partial charge < -0.3 is 89.9 Å². The molecule has 0 bridgehead atoms. The number of unbranched alkanes of at least 4 members (excludes halogenated alkanes) is 20. The fourth-order valence-corrected chi connectivity index (χ4v) is 10.7. The van der Waals surface area contributed by atoms with Crippen LogP contribution in [0.2, 0.25) is 0 Å². The van der Waals surface area contributed by atoms with E-state index in [9.17, 15) is 61.0 Å². The van der Waals surface area contributed by atoms with Crippen LogP contribution >= 0.6 is 0 Å². The molecule has 3 fully saturated rings. The lowest BCUT2D eigenvalue weighted by Gasteiger charge is -2.48. The fourth-order valence-electron chi connectivity index (χ4n) is 10.7. The van der Waals surface area contributed by atoms with Gasteiger partial charge in [0.1, 0.15) is 73.2 Å². The molecule has 0 aliphatic carbocycles. The van der Waals surface area contributed by atoms with Crippen molar-refractivity contribution in [2.75, 3.05) is 26.4 Å². The summed E-state index contributed by atoms with van der Waals surface area (Å²) >= 11 is 0. The number of hydrogen-bond acceptors (Lipinski definition) is 18. The molecule has 3 aliphatic heterocycles. The summed E-state index contributed by atoms with van der Waals surface area (Å²) in [5.41, 5.74) is 0. The van der Waals surface area contributed by atoms with Crippen molar-refractivity contribution >= 4 is 5.91 Å². The van der Waals surface area contributed by atoms with Crippen molar-refractivity contribution in [1.82, 2.24) is 5.32 Å². The molecular formula is C66H115NO18. The molecule has 85 heavy (non-hydrogen) atoms. The van der Waals surface area contributed by atoms with Crippen LogP contribution in [0.15, 0.2) is 72.9 Å². The molecule has 19 heteroatoms. The van der Waals surface area contributed by atoms with Gasteiger partial charge in [-0.3, -0.25) is 4.79 Å². The summed E-state index contributed by atoms with van der Waals surface area (Å²) in [5.74, 6) is -0.269. The van der Waals surface area contributed by atoms with Crippen LogP contribution in [0.25, 0.3) is 0 Å². The third kappa shape index (κ3) is 31.0. The molecule has 3 saturated heterocycles. The number of ether oxygens (including phenoxy) is 6. The Bertz CT molecular complexity index is 1830. The highest BCUT2D eigenvalue weighted by Crippen LogP contribution is 2.33. The number of aliphatic hydroxyl groups is 11. The van der Waals surface area contributed by atoms with E-state index in [1.54, 1.807) is 0 Å². The predicted molar refractivity (Wildman–Crippen MR) is 328 cm³/mol. The first kappa shape index (κ1) is 76.5. The van der Waals surface area contributed by atoms with E-state index in [1.807, 2.05) is 0 Å². The molecule has 19 nitrogen and oxygen atoms in total. The van der Waals surface area contributed by atoms with E-state index in [-0.39, 0.29) is 18.9 Å². The minimum absolute atomic E-state index is 0.233. The highest BCUT2D eigenvalue weighted by atomic mass is 16.8. The van der Waals surface area contributed by atoms with Crippen LogP contribution in [0, 0.1) is 0 Å². The van der Waals surface area contributed by atoms with Crippen LogP contribution in [0.3, 0.4) is 0 Å². The van der Waals surface area contributed by atoms with Crippen LogP contribution < -0.4 is 5.32 Å². The number of amides is 1. The molecule has 12 N–H and O–H groups in total. The van der Waals surface area contributed by atoms with E-state index in [2.05, 4.69) is 92.1 Å². The number of carbonyl (C=O) groups excluding carboxylic acids is 1. The monoisotopic (exact) mass is 1210 g/mol. The lowest BCUT2D eigenvalue weighted by Crippen LogP contribution is -2.66. The minimum Gasteiger partial charge on any atom is -0.394 e. The maximum atomic E-state index is 13.4. The van der Waals surface area contributed by atoms with Crippen molar-refractivity contribution in [3.05, 3.63) is 72.9 Å². The van der Waals surface area contributed by atoms with Crippen molar-refractivity contribution in [3.63, 3.8) is 0 Å². The van der Waals surface area contributed by atoms with Gasteiger partial charge in [0.2, 0.25) is 5.91 Å². The highest BCUT2D eigenvalue weighted by Gasteiger charge is 2.53. The lowest BCUT2D eigenvalue weighted by atomic mass is 9.96. The topological polar surface area (TPSA) is 307 Å². The number of allylic oxidation sites excluding steroid dienone is 12. The first-order valence-electron chi connectivity index (χ1n) is 32.7. The van der Waals surface area contributed by atoms with Crippen LogP contribution in [-0.4, -0.2) is 193 Å². The molecule has 0 radical (unpaired) electrons. The summed E-state index contributed by atoms with van der Waals surface area (Å²) in [5, 5.41) is 121. The Balaban J connectivity index is 1.47. The number of carbonyl (C=O) groups is 1. The zero-order valence-corrected chi connectivity index (χ0v) is 51.6. The molecule has 3 heterocycles. The zero-order valence-electron chi connectivity index (χ0n) is 51.6. The molecule has 0 aromatic carbocycles. The fraction of sp³-hybridized carbons (Fsp3) is 0.803. The molecule has 0 aromatic heterocycles. The van der Waals surface area contributed by atoms with Crippen molar-refractivity contribution in [3.8, 4) is 0 Å². The Morgan fingerprint density at radius 1 is 0.435 bits per heavy atom. The minimum atomic E-state index is -1.98. The summed E-state index contributed by atoms with van der Waals surface area (Å²) in [6.45, 7) is 1.65. The summed E-state index contributed by atoms with van der Waals surface area (Å²) < 4.78 is 34.4. The van der Waals surface area contributed by atoms with Crippen molar-refractivity contribution in [2.45, 2.75) is 311 Å². The molecule has 17 atom stereocenters. The summed E-state index contributed by atoms with van der Waals surface area (Å²) in [4.78, 5) is 13.4. The van der Waals surface area contributed by atoms with Crippen molar-refractivity contribution in [2.24, 2.45) is 0 Å². The predicted octanol–water partition coefficient (Wildman–Crippen LogP) is 7.38. The largest absolute Gasteiger partial charge is 0.394 e. The van der Waals surface area contributed by atoms with E-state index >= 15 is 0 Å². The van der Waals surface area contributed by atoms with Crippen LogP contribution in [0.5, 0.6) is 0 Å². The summed E-state index contributed by atoms with van der Waals surface area (Å²) in [7, 11) is 0. The van der Waals surface area contributed by atoms with E-state index in [0.29, 0.717) is 12.8 Å². The van der Waals surface area contributed by atoms with Gasteiger partial charge in [-0.1, -0.05) is 209 Å². The molecule has 0 saturated carbocycles. The quantitative estimate of drug-likeness (QED) is 0.0209. The first-order valence-corrected chi connectivity index (χ1v) is 32.7. The van der Waals surface area contributed by atoms with Gasteiger partial charge >= 0.3 is 0 Å². The molecule has 3 rings (SSSR count). The molecule has 1 amide bonds. The second-order valence-corrected chi connectivity index (χ2v) is 23.2. The SMILES string of the molecule is CC/C=C\C/C=C\C/C=C\C/C=C\C/C=C\C/C=C\CCCCCCC(=O)NC(COC1OC(CO)C(OC2OC(CO)C(OC3OC(CO)C(O)C(O)C3O)C(O)C2O)C(O)C1O)C(O)CCCCCCCCCCCCCCCCCCC. The van der Waals surface area contributed by atoms with Gasteiger partial charge in [0.25, 0.3) is 0 Å². The lowest BCUT2D eigenvalue weighted by molar-refractivity contribution is -0.379. The van der Waals surface area contributed by atoms with Gasteiger partial charge in [-0.15, -0.1) is 0 Å². The average molecular weight is 1210 g/mol. The van der Waals surface area contributed by atoms with E-state index in [1.165, 1.54) is 83.5 Å². The molecule has 0 spiro atoms. The normalized spacial score (nSPS) is 29.4. The highest BCUT2D eigenvalue weighted by molar-refractivity contribution is 5.76. The Morgan fingerprint density at radius 2 is 0.812 bits per heavy atom. The second kappa shape index (κ2) is 48.1. The van der Waals surface area contributed by atoms with Gasteiger partial charge in [-0.05, 0) is 64.2 Å². The maximum absolute atomic E-state index is 13.4. The van der Waals surface area contributed by atoms with E-state index < -0.39 is 124 Å². The van der Waals surface area contributed by atoms with Crippen molar-refractivity contribution in [1.29, 1.82) is 0 Å². The first-order chi connectivity index (χ1) is 41.3. The average Bonchev–Trinajstić information content (AvgIpc) is 3.64. The molecule has 492 valence electrons. The Morgan fingerprint density at radius 3 is 1.27 bits per heavy atom. The van der Waals surface area contributed by atoms with Gasteiger partial charge in [-0.2, -0.15) is 0 Å². The third-order valence-electron chi connectivity index (χ3n) is 16.0. The maximum Gasteiger partial charge on any atom is 0.220 e. The van der Waals surface area contributed by atoms with Crippen molar-refractivity contribution < 1.29 is 89.4 Å². The third-order valence-corrected chi connectivity index (χ3v) is 16.0. The van der Waals surface area contributed by atoms with Gasteiger partial charge in [0.05, 0.1) is 38.6 Å². The number of hydrogen-bond donors (Lipinski definition) is 12. The van der Waals surface area contributed by atoms with Crippen LogP contribution in [0.1, 0.15) is 206 Å². The molecule has 0 aromatic rings. The number of aliphatic hydroxyl groups excluding tert-OH is 11. The number of nitrogens with one attached hydrogen (secondary N) is 1. The van der Waals surface area contributed by atoms with Crippen LogP contribution in [0.4, 0.5) is 0 Å². The van der Waals surface area contributed by atoms with Crippen LogP contribution in [-0.2, 0) is 33.2 Å². The summed E-state index contributed by atoms with van der Waals surface area (Å²) in [6, 6.07) is -0.906. The van der Waals surface area contributed by atoms with Gasteiger partial charge in [0, 0.05) is 6.42 Å². The van der Waals surface area contributed by atoms with Gasteiger partial charge in [-0.25, -0.2) is 0 Å². The Hall–Kier alpha value is -2.77. The van der Waals surface area contributed by atoms with E-state index in [0.717, 1.165) is 89.9 Å². The van der Waals surface area contributed by atoms with E-state index in [4.69, 9.17) is 28.4 Å². The molecule has 17 unspecified atom stereocenters. The molecule has 3 aliphatic rings.